The third kappa shape index (κ3) is 4.51. The van der Waals surface area contributed by atoms with Crippen molar-refractivity contribution in [1.82, 2.24) is 19.7 Å². The molecule has 0 unspecified atom stereocenters. The number of rotatable bonds is 6. The molecule has 1 N–H and O–H groups in total. The van der Waals surface area contributed by atoms with E-state index in [9.17, 15) is 9.18 Å². The van der Waals surface area contributed by atoms with Gasteiger partial charge in [-0.25, -0.2) is 4.39 Å². The highest BCUT2D eigenvalue weighted by molar-refractivity contribution is 5.94. The lowest BCUT2D eigenvalue weighted by Crippen LogP contribution is -2.48. The van der Waals surface area contributed by atoms with Crippen LogP contribution in [0.2, 0.25) is 0 Å². The number of hydrogen-bond donors (Lipinski definition) is 1. The molecule has 6 heteroatoms. The van der Waals surface area contributed by atoms with E-state index in [1.807, 2.05) is 23.9 Å². The van der Waals surface area contributed by atoms with Gasteiger partial charge in [0.25, 0.3) is 5.91 Å². The molecule has 0 bridgehead atoms. The standard InChI is InChI=1S/C20H27FN4O/c1-3-24-10-12-25(13-11-24)9-8-22-20(26)19-14-17(15-23(19)2)16-4-6-18(21)7-5-16/h4-7,14-15H,3,8-13H2,1-2H3,(H,22,26). The van der Waals surface area contributed by atoms with Crippen LogP contribution in [0.5, 0.6) is 0 Å². The quantitative estimate of drug-likeness (QED) is 0.861. The van der Waals surface area contributed by atoms with E-state index in [1.165, 1.54) is 12.1 Å². The van der Waals surface area contributed by atoms with Gasteiger partial charge in [0.1, 0.15) is 11.5 Å². The summed E-state index contributed by atoms with van der Waals surface area (Å²) in [4.78, 5) is 17.3. The molecule has 1 fully saturated rings. The summed E-state index contributed by atoms with van der Waals surface area (Å²) in [5.41, 5.74) is 2.42. The molecule has 26 heavy (non-hydrogen) atoms. The normalized spacial score (nSPS) is 16.0. The van der Waals surface area contributed by atoms with E-state index in [1.54, 1.807) is 12.1 Å². The SMILES string of the molecule is CCN1CCN(CCNC(=O)c2cc(-c3ccc(F)cc3)cn2C)CC1. The molecule has 0 aliphatic carbocycles. The Hall–Kier alpha value is -2.18. The van der Waals surface area contributed by atoms with E-state index in [-0.39, 0.29) is 11.7 Å². The van der Waals surface area contributed by atoms with Crippen LogP contribution in [0.15, 0.2) is 36.5 Å². The van der Waals surface area contributed by atoms with Crippen molar-refractivity contribution in [1.29, 1.82) is 0 Å². The molecule has 1 aliphatic heterocycles. The summed E-state index contributed by atoms with van der Waals surface area (Å²) in [5, 5.41) is 3.01. The first-order valence-electron chi connectivity index (χ1n) is 9.22. The maximum absolute atomic E-state index is 13.1. The molecule has 1 aromatic heterocycles. The zero-order valence-electron chi connectivity index (χ0n) is 15.5. The summed E-state index contributed by atoms with van der Waals surface area (Å²) >= 11 is 0. The summed E-state index contributed by atoms with van der Waals surface area (Å²) in [5.74, 6) is -0.338. The number of hydrogen-bond acceptors (Lipinski definition) is 3. The first kappa shape index (κ1) is 18.6. The van der Waals surface area contributed by atoms with Gasteiger partial charge >= 0.3 is 0 Å². The number of nitrogens with zero attached hydrogens (tertiary/aromatic N) is 3. The fraction of sp³-hybridized carbons (Fsp3) is 0.450. The highest BCUT2D eigenvalue weighted by Crippen LogP contribution is 2.22. The monoisotopic (exact) mass is 358 g/mol. The average Bonchev–Trinajstić information content (AvgIpc) is 3.04. The van der Waals surface area contributed by atoms with Crippen LogP contribution in [-0.4, -0.2) is 66.1 Å². The Balaban J connectivity index is 1.53. The predicted molar refractivity (Wildman–Crippen MR) is 102 cm³/mol. The lowest BCUT2D eigenvalue weighted by molar-refractivity contribution is 0.0930. The average molecular weight is 358 g/mol. The largest absolute Gasteiger partial charge is 0.349 e. The Morgan fingerprint density at radius 1 is 1.08 bits per heavy atom. The molecule has 1 aromatic carbocycles. The van der Waals surface area contributed by atoms with E-state index < -0.39 is 0 Å². The van der Waals surface area contributed by atoms with Gasteiger partial charge in [-0.1, -0.05) is 19.1 Å². The third-order valence-electron chi connectivity index (χ3n) is 5.04. The summed E-state index contributed by atoms with van der Waals surface area (Å²) in [6.07, 6.45) is 1.89. The van der Waals surface area contributed by atoms with Gasteiger partial charge in [0.05, 0.1) is 0 Å². The molecule has 2 aromatic rings. The maximum Gasteiger partial charge on any atom is 0.267 e. The van der Waals surface area contributed by atoms with Gasteiger partial charge in [-0.2, -0.15) is 0 Å². The van der Waals surface area contributed by atoms with Crippen LogP contribution in [0, 0.1) is 5.82 Å². The molecule has 3 rings (SSSR count). The number of aryl methyl sites for hydroxylation is 1. The van der Waals surface area contributed by atoms with Crippen molar-refractivity contribution in [3.63, 3.8) is 0 Å². The van der Waals surface area contributed by atoms with Crippen molar-refractivity contribution in [3.05, 3.63) is 48.0 Å². The third-order valence-corrected chi connectivity index (χ3v) is 5.04. The van der Waals surface area contributed by atoms with E-state index in [4.69, 9.17) is 0 Å². The van der Waals surface area contributed by atoms with E-state index in [0.717, 1.165) is 50.4 Å². The fourth-order valence-electron chi connectivity index (χ4n) is 3.34. The van der Waals surface area contributed by atoms with Crippen molar-refractivity contribution in [2.24, 2.45) is 7.05 Å². The number of nitrogens with one attached hydrogen (secondary N) is 1. The molecule has 1 amide bonds. The van der Waals surface area contributed by atoms with Crippen LogP contribution >= 0.6 is 0 Å². The Kier molecular flexibility index (Phi) is 6.06. The Labute approximate surface area is 154 Å². The van der Waals surface area contributed by atoms with E-state index in [2.05, 4.69) is 22.0 Å². The van der Waals surface area contributed by atoms with Crippen molar-refractivity contribution >= 4 is 5.91 Å². The number of carbonyl (C=O) groups is 1. The molecule has 5 nitrogen and oxygen atoms in total. The van der Waals surface area contributed by atoms with Gasteiger partial charge in [0.2, 0.25) is 0 Å². The van der Waals surface area contributed by atoms with Crippen molar-refractivity contribution in [2.75, 3.05) is 45.8 Å². The predicted octanol–water partition coefficient (Wildman–Crippen LogP) is 2.20. The first-order chi connectivity index (χ1) is 12.6. The number of carbonyl (C=O) groups excluding carboxylic acids is 1. The Morgan fingerprint density at radius 3 is 2.38 bits per heavy atom. The molecule has 0 spiro atoms. The number of halogens is 1. The zero-order valence-corrected chi connectivity index (χ0v) is 15.5. The lowest BCUT2D eigenvalue weighted by Gasteiger charge is -2.33. The van der Waals surface area contributed by atoms with Gasteiger partial charge in [-0.05, 0) is 30.3 Å². The van der Waals surface area contributed by atoms with Gasteiger partial charge in [-0.3, -0.25) is 9.69 Å². The maximum atomic E-state index is 13.1. The molecule has 0 atom stereocenters. The molecule has 140 valence electrons. The number of amides is 1. The van der Waals surface area contributed by atoms with Crippen LogP contribution in [-0.2, 0) is 7.05 Å². The van der Waals surface area contributed by atoms with Crippen molar-refractivity contribution in [2.45, 2.75) is 6.92 Å². The molecule has 0 saturated carbocycles. The number of aromatic nitrogens is 1. The van der Waals surface area contributed by atoms with Crippen LogP contribution < -0.4 is 5.32 Å². The Morgan fingerprint density at radius 2 is 1.73 bits per heavy atom. The van der Waals surface area contributed by atoms with Crippen LogP contribution in [0.25, 0.3) is 11.1 Å². The van der Waals surface area contributed by atoms with Gasteiger partial charge in [-0.15, -0.1) is 0 Å². The minimum atomic E-state index is -0.262. The summed E-state index contributed by atoms with van der Waals surface area (Å²) in [6, 6.07) is 8.16. The minimum Gasteiger partial charge on any atom is -0.349 e. The van der Waals surface area contributed by atoms with Crippen molar-refractivity contribution in [3.8, 4) is 11.1 Å². The van der Waals surface area contributed by atoms with Crippen LogP contribution in [0.4, 0.5) is 4.39 Å². The molecule has 1 saturated heterocycles. The second-order valence-corrected chi connectivity index (χ2v) is 6.76. The fourth-order valence-corrected chi connectivity index (χ4v) is 3.34. The second kappa shape index (κ2) is 8.47. The van der Waals surface area contributed by atoms with Crippen LogP contribution in [0.3, 0.4) is 0 Å². The molecular formula is C20H27FN4O. The zero-order chi connectivity index (χ0) is 18.5. The highest BCUT2D eigenvalue weighted by atomic mass is 19.1. The molecular weight excluding hydrogens is 331 g/mol. The Bertz CT molecular complexity index is 733. The van der Waals surface area contributed by atoms with Gasteiger partial charge in [0, 0.05) is 58.1 Å². The smallest absolute Gasteiger partial charge is 0.267 e. The topological polar surface area (TPSA) is 40.5 Å². The molecule has 2 heterocycles. The lowest BCUT2D eigenvalue weighted by atomic mass is 10.1. The molecule has 1 aliphatic rings. The molecule has 0 radical (unpaired) electrons. The first-order valence-corrected chi connectivity index (χ1v) is 9.22. The van der Waals surface area contributed by atoms with E-state index >= 15 is 0 Å². The summed E-state index contributed by atoms with van der Waals surface area (Å²) in [6.45, 7) is 9.13. The van der Waals surface area contributed by atoms with E-state index in [0.29, 0.717) is 12.2 Å². The van der Waals surface area contributed by atoms with Crippen LogP contribution in [0.1, 0.15) is 17.4 Å². The minimum absolute atomic E-state index is 0.0759. The summed E-state index contributed by atoms with van der Waals surface area (Å²) in [7, 11) is 1.85. The number of likely N-dealkylation sites (N-methyl/N-ethyl adjacent to an activating group) is 1. The second-order valence-electron chi connectivity index (χ2n) is 6.76. The van der Waals surface area contributed by atoms with Crippen molar-refractivity contribution < 1.29 is 9.18 Å². The van der Waals surface area contributed by atoms with Gasteiger partial charge in [0.15, 0.2) is 0 Å². The number of benzene rings is 1. The van der Waals surface area contributed by atoms with Gasteiger partial charge < -0.3 is 14.8 Å². The summed E-state index contributed by atoms with van der Waals surface area (Å²) < 4.78 is 14.9. The highest BCUT2D eigenvalue weighted by Gasteiger charge is 2.16. The number of piperazine rings is 1.